The van der Waals surface area contributed by atoms with Gasteiger partial charge in [-0.15, -0.1) is 0 Å². The second-order valence-electron chi connectivity index (χ2n) is 9.78. The smallest absolute Gasteiger partial charge is 0.192 e. The third-order valence-electron chi connectivity index (χ3n) is 6.23. The first-order chi connectivity index (χ1) is 15.5. The molecule has 6 heteroatoms. The summed E-state index contributed by atoms with van der Waals surface area (Å²) in [4.78, 5) is 4.82. The fourth-order valence-corrected chi connectivity index (χ4v) is 4.13. The van der Waals surface area contributed by atoms with Crippen LogP contribution in [0.25, 0.3) is 22.6 Å². The maximum atomic E-state index is 6.20. The molecule has 0 unspecified atom stereocenters. The molecule has 0 saturated carbocycles. The van der Waals surface area contributed by atoms with Gasteiger partial charge in [-0.3, -0.25) is 4.57 Å². The summed E-state index contributed by atoms with van der Waals surface area (Å²) in [6.45, 7) is 18.4. The molecule has 0 spiro atoms. The van der Waals surface area contributed by atoms with Crippen molar-refractivity contribution < 1.29 is 13.9 Å². The highest BCUT2D eigenvalue weighted by Gasteiger charge is 2.36. The number of rotatable bonds is 9. The van der Waals surface area contributed by atoms with E-state index in [1.54, 1.807) is 7.11 Å². The van der Waals surface area contributed by atoms with Crippen molar-refractivity contribution in [2.24, 2.45) is 0 Å². The molecular formula is C27H36N2O3Si. The van der Waals surface area contributed by atoms with Gasteiger partial charge in [-0.05, 0) is 79.2 Å². The highest BCUT2D eigenvalue weighted by Crippen LogP contribution is 2.36. The minimum Gasteiger partial charge on any atom is -0.497 e. The van der Waals surface area contributed by atoms with Gasteiger partial charge in [0.05, 0.1) is 19.4 Å². The fourth-order valence-electron chi connectivity index (χ4n) is 3.10. The molecule has 0 aliphatic heterocycles. The van der Waals surface area contributed by atoms with Crippen LogP contribution < -0.4 is 9.47 Å². The summed E-state index contributed by atoms with van der Waals surface area (Å²) in [6, 6.07) is 16.0. The Hall–Kier alpha value is -2.83. The van der Waals surface area contributed by atoms with Crippen molar-refractivity contribution in [1.82, 2.24) is 9.55 Å². The molecule has 0 aliphatic carbocycles. The number of nitrogens with zero attached hydrogens (tertiary/aromatic N) is 2. The Labute approximate surface area is 199 Å². The van der Waals surface area contributed by atoms with Crippen LogP contribution in [-0.2, 0) is 4.43 Å². The van der Waals surface area contributed by atoms with Crippen LogP contribution >= 0.6 is 0 Å². The van der Waals surface area contributed by atoms with Gasteiger partial charge in [0.25, 0.3) is 0 Å². The molecule has 2 aromatic carbocycles. The maximum Gasteiger partial charge on any atom is 0.192 e. The van der Waals surface area contributed by atoms with Crippen molar-refractivity contribution in [3.8, 4) is 28.6 Å². The standard InChI is InChI=1S/C27H36N2O3Si/c1-20(2)25-19-29(26(28-25)21-9-13-23(30-6)14-10-21)22-11-15-24(16-12-22)31-17-18-32-33(7,8)27(3,4)5/h9-16,19H,1,17-18H2,2-8H3. The van der Waals surface area contributed by atoms with Crippen molar-refractivity contribution >= 4 is 13.9 Å². The van der Waals surface area contributed by atoms with Crippen LogP contribution in [0, 0.1) is 0 Å². The number of aromatic nitrogens is 2. The Morgan fingerprint density at radius 2 is 1.58 bits per heavy atom. The molecule has 1 heterocycles. The molecule has 5 nitrogen and oxygen atoms in total. The van der Waals surface area contributed by atoms with Gasteiger partial charge in [0.2, 0.25) is 0 Å². The molecule has 0 bridgehead atoms. The van der Waals surface area contributed by atoms with E-state index in [0.29, 0.717) is 13.2 Å². The van der Waals surface area contributed by atoms with Crippen molar-refractivity contribution in [2.45, 2.75) is 45.8 Å². The first-order valence-electron chi connectivity index (χ1n) is 11.3. The van der Waals surface area contributed by atoms with Crippen LogP contribution in [0.3, 0.4) is 0 Å². The summed E-state index contributed by atoms with van der Waals surface area (Å²) in [7, 11) is -0.0881. The van der Waals surface area contributed by atoms with Crippen molar-refractivity contribution in [2.75, 3.05) is 20.3 Å². The van der Waals surface area contributed by atoms with Gasteiger partial charge in [0.1, 0.15) is 23.9 Å². The van der Waals surface area contributed by atoms with Gasteiger partial charge in [0, 0.05) is 17.4 Å². The minimum atomic E-state index is -1.75. The van der Waals surface area contributed by atoms with Crippen LogP contribution in [0.1, 0.15) is 33.4 Å². The quantitative estimate of drug-likeness (QED) is 0.253. The molecule has 0 N–H and O–H groups in total. The summed E-state index contributed by atoms with van der Waals surface area (Å²) in [5.41, 5.74) is 3.80. The molecule has 0 radical (unpaired) electrons. The average Bonchev–Trinajstić information content (AvgIpc) is 3.22. The molecule has 33 heavy (non-hydrogen) atoms. The molecule has 3 rings (SSSR count). The van der Waals surface area contributed by atoms with E-state index in [2.05, 4.69) is 45.0 Å². The highest BCUT2D eigenvalue weighted by atomic mass is 28.4. The van der Waals surface area contributed by atoms with E-state index in [9.17, 15) is 0 Å². The Morgan fingerprint density at radius 1 is 0.970 bits per heavy atom. The highest BCUT2D eigenvalue weighted by molar-refractivity contribution is 6.74. The number of imidazole rings is 1. The van der Waals surface area contributed by atoms with Crippen LogP contribution in [-0.4, -0.2) is 38.2 Å². The third-order valence-corrected chi connectivity index (χ3v) is 10.8. The number of allylic oxidation sites excluding steroid dienone is 1. The average molecular weight is 465 g/mol. The van der Waals surface area contributed by atoms with E-state index in [1.165, 1.54) is 0 Å². The number of hydrogen-bond donors (Lipinski definition) is 0. The molecular weight excluding hydrogens is 428 g/mol. The van der Waals surface area contributed by atoms with E-state index in [4.69, 9.17) is 18.9 Å². The van der Waals surface area contributed by atoms with Crippen molar-refractivity contribution in [3.05, 3.63) is 67.0 Å². The van der Waals surface area contributed by atoms with Crippen LogP contribution in [0.4, 0.5) is 0 Å². The van der Waals surface area contributed by atoms with Crippen LogP contribution in [0.15, 0.2) is 61.3 Å². The molecule has 0 aliphatic rings. The summed E-state index contributed by atoms with van der Waals surface area (Å²) < 4.78 is 19.5. The Morgan fingerprint density at radius 3 is 2.12 bits per heavy atom. The second-order valence-corrected chi connectivity index (χ2v) is 14.6. The molecule has 0 amide bonds. The number of hydrogen-bond acceptors (Lipinski definition) is 4. The summed E-state index contributed by atoms with van der Waals surface area (Å²) in [5.74, 6) is 2.49. The van der Waals surface area contributed by atoms with E-state index >= 15 is 0 Å². The molecule has 3 aromatic rings. The predicted molar refractivity (Wildman–Crippen MR) is 139 cm³/mol. The fraction of sp³-hybridized carbons (Fsp3) is 0.370. The van der Waals surface area contributed by atoms with Crippen LogP contribution in [0.5, 0.6) is 11.5 Å². The molecule has 0 fully saturated rings. The predicted octanol–water partition coefficient (Wildman–Crippen LogP) is 6.98. The lowest BCUT2D eigenvalue weighted by atomic mass is 10.2. The number of benzene rings is 2. The summed E-state index contributed by atoms with van der Waals surface area (Å²) in [6.07, 6.45) is 2.02. The SMILES string of the molecule is C=C(C)c1cn(-c2ccc(OCCO[Si](C)(C)C(C)(C)C)cc2)c(-c2ccc(OC)cc2)n1. The minimum absolute atomic E-state index is 0.198. The van der Waals surface area contributed by atoms with E-state index in [-0.39, 0.29) is 5.04 Å². The topological polar surface area (TPSA) is 45.5 Å². The van der Waals surface area contributed by atoms with Crippen molar-refractivity contribution in [3.63, 3.8) is 0 Å². The molecule has 0 saturated heterocycles. The van der Waals surface area contributed by atoms with Crippen LogP contribution in [0.2, 0.25) is 18.1 Å². The second kappa shape index (κ2) is 9.97. The first kappa shape index (κ1) is 24.8. The third kappa shape index (κ3) is 5.95. The van der Waals surface area contributed by atoms with Gasteiger partial charge in [-0.25, -0.2) is 4.98 Å². The number of methoxy groups -OCH3 is 1. The van der Waals surface area contributed by atoms with Gasteiger partial charge in [-0.2, -0.15) is 0 Å². The van der Waals surface area contributed by atoms with Crippen molar-refractivity contribution in [1.29, 1.82) is 0 Å². The Kier molecular flexibility index (Phi) is 7.50. The molecule has 0 atom stereocenters. The van der Waals surface area contributed by atoms with Gasteiger partial charge >= 0.3 is 0 Å². The maximum absolute atomic E-state index is 6.20. The molecule has 176 valence electrons. The monoisotopic (exact) mass is 464 g/mol. The van der Waals surface area contributed by atoms with E-state index in [1.807, 2.05) is 61.7 Å². The lowest BCUT2D eigenvalue weighted by molar-refractivity contribution is 0.203. The van der Waals surface area contributed by atoms with E-state index in [0.717, 1.165) is 39.8 Å². The zero-order chi connectivity index (χ0) is 24.2. The summed E-state index contributed by atoms with van der Waals surface area (Å²) >= 11 is 0. The molecule has 1 aromatic heterocycles. The zero-order valence-electron chi connectivity index (χ0n) is 20.9. The lowest BCUT2D eigenvalue weighted by Crippen LogP contribution is -2.41. The number of ether oxygens (including phenoxy) is 2. The normalized spacial score (nSPS) is 12.0. The Balaban J connectivity index is 1.74. The first-order valence-corrected chi connectivity index (χ1v) is 14.2. The van der Waals surface area contributed by atoms with Gasteiger partial charge in [0.15, 0.2) is 8.32 Å². The van der Waals surface area contributed by atoms with Gasteiger partial charge in [-0.1, -0.05) is 27.4 Å². The Bertz CT molecular complexity index is 1080. The lowest BCUT2D eigenvalue weighted by Gasteiger charge is -2.36. The van der Waals surface area contributed by atoms with Gasteiger partial charge < -0.3 is 13.9 Å². The van der Waals surface area contributed by atoms with E-state index < -0.39 is 8.32 Å². The largest absolute Gasteiger partial charge is 0.497 e. The summed E-state index contributed by atoms with van der Waals surface area (Å²) in [5, 5.41) is 0.198. The zero-order valence-corrected chi connectivity index (χ0v) is 21.9.